The van der Waals surface area contributed by atoms with Crippen molar-refractivity contribution in [3.8, 4) is 5.69 Å². The van der Waals surface area contributed by atoms with Crippen LogP contribution in [0.15, 0.2) is 42.7 Å². The Labute approximate surface area is 166 Å². The molecule has 28 heavy (non-hydrogen) atoms. The quantitative estimate of drug-likeness (QED) is 0.851. The van der Waals surface area contributed by atoms with Gasteiger partial charge < -0.3 is 14.7 Å². The number of fused-ring (bicyclic) bond motifs is 2. The van der Waals surface area contributed by atoms with Gasteiger partial charge in [-0.15, -0.1) is 0 Å². The molecule has 1 aromatic heterocycles. The van der Waals surface area contributed by atoms with Crippen molar-refractivity contribution in [2.24, 2.45) is 0 Å². The molecule has 0 spiro atoms. The second-order valence-electron chi connectivity index (χ2n) is 9.06. The van der Waals surface area contributed by atoms with Crippen LogP contribution in [0.3, 0.4) is 0 Å². The largest absolute Gasteiger partial charge is 0.444 e. The summed E-state index contributed by atoms with van der Waals surface area (Å²) in [6.07, 6.45) is 7.38. The van der Waals surface area contributed by atoms with E-state index in [1.54, 1.807) is 10.9 Å². The minimum absolute atomic E-state index is 0.0122. The molecule has 0 radical (unpaired) electrons. The van der Waals surface area contributed by atoms with E-state index in [2.05, 4.69) is 5.10 Å². The predicted molar refractivity (Wildman–Crippen MR) is 106 cm³/mol. The maximum absolute atomic E-state index is 12.8. The van der Waals surface area contributed by atoms with Gasteiger partial charge in [-0.25, -0.2) is 9.48 Å². The number of rotatable bonds is 2. The number of hydrogen-bond acceptors (Lipinski definition) is 4. The van der Waals surface area contributed by atoms with Crippen molar-refractivity contribution in [1.29, 1.82) is 0 Å². The third-order valence-corrected chi connectivity index (χ3v) is 5.79. The fourth-order valence-corrected chi connectivity index (χ4v) is 4.62. The number of ether oxygens (including phenoxy) is 1. The summed E-state index contributed by atoms with van der Waals surface area (Å²) in [6, 6.07) is 9.84. The Morgan fingerprint density at radius 1 is 1.18 bits per heavy atom. The lowest BCUT2D eigenvalue weighted by molar-refractivity contribution is -0.0965. The average molecular weight is 383 g/mol. The second-order valence-corrected chi connectivity index (χ2v) is 9.06. The van der Waals surface area contributed by atoms with Gasteiger partial charge in [0, 0.05) is 37.3 Å². The Balaban J connectivity index is 1.55. The lowest BCUT2D eigenvalue weighted by Crippen LogP contribution is -2.59. The van der Waals surface area contributed by atoms with E-state index in [0.29, 0.717) is 12.8 Å². The summed E-state index contributed by atoms with van der Waals surface area (Å²) < 4.78 is 7.44. The predicted octanol–water partition coefficient (Wildman–Crippen LogP) is 4.01. The summed E-state index contributed by atoms with van der Waals surface area (Å²) in [5.41, 5.74) is 0.436. The number of benzene rings is 1. The van der Waals surface area contributed by atoms with Crippen LogP contribution in [-0.4, -0.2) is 43.6 Å². The lowest BCUT2D eigenvalue weighted by atomic mass is 9.72. The Morgan fingerprint density at radius 2 is 1.82 bits per heavy atom. The van der Waals surface area contributed by atoms with E-state index in [1.807, 2.05) is 62.2 Å². The van der Waals surface area contributed by atoms with Gasteiger partial charge in [0.25, 0.3) is 0 Å². The summed E-state index contributed by atoms with van der Waals surface area (Å²) in [5, 5.41) is 15.7. The Hall–Kier alpha value is -2.34. The van der Waals surface area contributed by atoms with E-state index in [-0.39, 0.29) is 18.2 Å². The molecule has 1 N–H and O–H groups in total. The molecule has 3 heterocycles. The monoisotopic (exact) mass is 383 g/mol. The molecule has 2 unspecified atom stereocenters. The molecule has 2 fully saturated rings. The normalized spacial score (nSPS) is 27.5. The fraction of sp³-hybridized carbons (Fsp3) is 0.545. The number of amides is 1. The molecule has 150 valence electrons. The van der Waals surface area contributed by atoms with Crippen molar-refractivity contribution < 1.29 is 14.6 Å². The van der Waals surface area contributed by atoms with E-state index in [4.69, 9.17) is 4.74 Å². The van der Waals surface area contributed by atoms with Gasteiger partial charge in [0.15, 0.2) is 0 Å². The third kappa shape index (κ3) is 3.65. The Kier molecular flexibility index (Phi) is 4.70. The van der Waals surface area contributed by atoms with Crippen LogP contribution in [0.25, 0.3) is 5.69 Å². The van der Waals surface area contributed by atoms with Crippen LogP contribution in [0.4, 0.5) is 4.79 Å². The first-order chi connectivity index (χ1) is 13.3. The van der Waals surface area contributed by atoms with Crippen molar-refractivity contribution in [1.82, 2.24) is 14.7 Å². The molecule has 2 saturated heterocycles. The summed E-state index contributed by atoms with van der Waals surface area (Å²) in [6.45, 7) is 5.67. The van der Waals surface area contributed by atoms with E-state index >= 15 is 0 Å². The van der Waals surface area contributed by atoms with Crippen LogP contribution in [-0.2, 0) is 10.3 Å². The van der Waals surface area contributed by atoms with Crippen molar-refractivity contribution in [3.05, 3.63) is 48.3 Å². The van der Waals surface area contributed by atoms with Crippen LogP contribution in [0, 0.1) is 0 Å². The number of hydrogen-bond donors (Lipinski definition) is 1. The summed E-state index contributed by atoms with van der Waals surface area (Å²) in [7, 11) is 0. The van der Waals surface area contributed by atoms with E-state index in [1.165, 1.54) is 0 Å². The molecule has 6 heteroatoms. The summed E-state index contributed by atoms with van der Waals surface area (Å²) >= 11 is 0. The highest BCUT2D eigenvalue weighted by molar-refractivity contribution is 5.69. The van der Waals surface area contributed by atoms with E-state index in [0.717, 1.165) is 30.5 Å². The first-order valence-electron chi connectivity index (χ1n) is 10.1. The lowest BCUT2D eigenvalue weighted by Gasteiger charge is -2.51. The molecular weight excluding hydrogens is 354 g/mol. The molecule has 2 aliphatic rings. The van der Waals surface area contributed by atoms with Gasteiger partial charge >= 0.3 is 6.09 Å². The third-order valence-electron chi connectivity index (χ3n) is 5.79. The summed E-state index contributed by atoms with van der Waals surface area (Å²) in [5.74, 6) is 0. The number of carbonyl (C=O) groups excluding carboxylic acids is 1. The number of nitrogens with zero attached hydrogens (tertiary/aromatic N) is 3. The minimum atomic E-state index is -0.920. The molecule has 2 atom stereocenters. The first-order valence-corrected chi connectivity index (χ1v) is 10.1. The minimum Gasteiger partial charge on any atom is -0.444 e. The Bertz CT molecular complexity index is 810. The summed E-state index contributed by atoms with van der Waals surface area (Å²) in [4.78, 5) is 14.7. The first kappa shape index (κ1) is 19.0. The number of aliphatic hydroxyl groups is 1. The number of aromatic nitrogens is 2. The van der Waals surface area contributed by atoms with Crippen LogP contribution in [0.2, 0.25) is 0 Å². The van der Waals surface area contributed by atoms with Gasteiger partial charge in [-0.05, 0) is 63.8 Å². The molecular formula is C22H29N3O3. The highest BCUT2D eigenvalue weighted by Gasteiger charge is 2.49. The maximum atomic E-state index is 12.8. The topological polar surface area (TPSA) is 67.6 Å². The van der Waals surface area contributed by atoms with Gasteiger partial charge in [0.05, 0.1) is 11.3 Å². The standard InChI is InChI=1S/C22H29N3O3/c1-21(2,3)28-20(26)25-18-6-4-7-19(25)15-22(27,14-18)16-8-10-17(11-9-16)24-13-5-12-23-24/h5,8-13,18-19,27H,4,6-7,14-15H2,1-3H3. The van der Waals surface area contributed by atoms with Gasteiger partial charge in [-0.1, -0.05) is 12.1 Å². The van der Waals surface area contributed by atoms with Crippen molar-refractivity contribution in [3.63, 3.8) is 0 Å². The van der Waals surface area contributed by atoms with Gasteiger partial charge in [0.2, 0.25) is 0 Å². The van der Waals surface area contributed by atoms with E-state index < -0.39 is 11.2 Å². The van der Waals surface area contributed by atoms with Crippen molar-refractivity contribution >= 4 is 6.09 Å². The molecule has 6 nitrogen and oxygen atoms in total. The number of carbonyl (C=O) groups is 1. The van der Waals surface area contributed by atoms with Crippen molar-refractivity contribution in [2.45, 2.75) is 76.2 Å². The Morgan fingerprint density at radius 3 is 2.36 bits per heavy atom. The van der Waals surface area contributed by atoms with Crippen molar-refractivity contribution in [2.75, 3.05) is 0 Å². The van der Waals surface area contributed by atoms with Gasteiger partial charge in [-0.3, -0.25) is 0 Å². The molecule has 0 aliphatic carbocycles. The zero-order valence-corrected chi connectivity index (χ0v) is 16.8. The molecule has 2 aliphatic heterocycles. The molecule has 1 aromatic carbocycles. The molecule has 4 rings (SSSR count). The van der Waals surface area contributed by atoms with Crippen LogP contribution < -0.4 is 0 Å². The molecule has 2 aromatic rings. The van der Waals surface area contributed by atoms with E-state index in [9.17, 15) is 9.90 Å². The molecule has 1 amide bonds. The fourth-order valence-electron chi connectivity index (χ4n) is 4.62. The smallest absolute Gasteiger partial charge is 0.410 e. The molecule has 0 saturated carbocycles. The second kappa shape index (κ2) is 6.92. The van der Waals surface area contributed by atoms with Crippen LogP contribution >= 0.6 is 0 Å². The highest BCUT2D eigenvalue weighted by Crippen LogP contribution is 2.44. The zero-order chi connectivity index (χ0) is 19.9. The molecule has 2 bridgehead atoms. The van der Waals surface area contributed by atoms with Gasteiger partial charge in [-0.2, -0.15) is 5.10 Å². The van der Waals surface area contributed by atoms with Gasteiger partial charge in [0.1, 0.15) is 5.60 Å². The highest BCUT2D eigenvalue weighted by atomic mass is 16.6. The zero-order valence-electron chi connectivity index (χ0n) is 16.8. The average Bonchev–Trinajstić information content (AvgIpc) is 3.14. The maximum Gasteiger partial charge on any atom is 0.410 e. The number of piperidine rings is 2. The SMILES string of the molecule is CC(C)(C)OC(=O)N1C2CCCC1CC(O)(c1ccc(-n3cccn3)cc1)C2. The van der Waals surface area contributed by atoms with Crippen LogP contribution in [0.1, 0.15) is 58.4 Å². The van der Waals surface area contributed by atoms with Crippen LogP contribution in [0.5, 0.6) is 0 Å².